The van der Waals surface area contributed by atoms with Crippen LogP contribution in [0.5, 0.6) is 11.5 Å². The molecule has 18 heavy (non-hydrogen) atoms. The van der Waals surface area contributed by atoms with E-state index in [1.54, 1.807) is 0 Å². The molecule has 2 aliphatic heterocycles. The SMILES string of the molecule is Cc1cc2c(c(Cl)c1C1CNCCO1)OCCO2. The molecule has 1 unspecified atom stereocenters. The number of rotatable bonds is 1. The zero-order chi connectivity index (χ0) is 12.5. The number of halogens is 1. The first-order chi connectivity index (χ1) is 8.77. The molecule has 1 N–H and O–H groups in total. The molecule has 0 radical (unpaired) electrons. The zero-order valence-electron chi connectivity index (χ0n) is 10.3. The Hall–Kier alpha value is -0.970. The van der Waals surface area contributed by atoms with Crippen molar-refractivity contribution in [3.8, 4) is 11.5 Å². The molecule has 1 atom stereocenters. The maximum absolute atomic E-state index is 6.45. The summed E-state index contributed by atoms with van der Waals surface area (Å²) in [6.45, 7) is 5.51. The minimum Gasteiger partial charge on any atom is -0.486 e. The Bertz CT molecular complexity index is 458. The largest absolute Gasteiger partial charge is 0.486 e. The Morgan fingerprint density at radius 3 is 2.89 bits per heavy atom. The Morgan fingerprint density at radius 2 is 2.11 bits per heavy atom. The molecule has 0 spiro atoms. The van der Waals surface area contributed by atoms with Gasteiger partial charge in [0.05, 0.1) is 17.7 Å². The van der Waals surface area contributed by atoms with Crippen LogP contribution >= 0.6 is 11.6 Å². The van der Waals surface area contributed by atoms with Gasteiger partial charge in [0.2, 0.25) is 0 Å². The van der Waals surface area contributed by atoms with Crippen LogP contribution in [0.1, 0.15) is 17.2 Å². The van der Waals surface area contributed by atoms with E-state index in [9.17, 15) is 0 Å². The van der Waals surface area contributed by atoms with Gasteiger partial charge in [0, 0.05) is 18.7 Å². The van der Waals surface area contributed by atoms with Crippen molar-refractivity contribution in [2.24, 2.45) is 0 Å². The molecule has 5 heteroatoms. The van der Waals surface area contributed by atoms with Crippen molar-refractivity contribution in [3.63, 3.8) is 0 Å². The first-order valence-corrected chi connectivity index (χ1v) is 6.56. The second-order valence-electron chi connectivity index (χ2n) is 4.51. The van der Waals surface area contributed by atoms with Gasteiger partial charge in [-0.25, -0.2) is 0 Å². The minimum absolute atomic E-state index is 0.0120. The summed E-state index contributed by atoms with van der Waals surface area (Å²) < 4.78 is 16.9. The molecule has 0 aromatic heterocycles. The average molecular weight is 270 g/mol. The van der Waals surface area contributed by atoms with Crippen molar-refractivity contribution in [3.05, 3.63) is 22.2 Å². The third kappa shape index (κ3) is 2.05. The summed E-state index contributed by atoms with van der Waals surface area (Å²) in [7, 11) is 0. The summed E-state index contributed by atoms with van der Waals surface area (Å²) in [5.74, 6) is 1.38. The molecule has 3 rings (SSSR count). The van der Waals surface area contributed by atoms with Crippen molar-refractivity contribution in [1.29, 1.82) is 0 Å². The molecule has 2 heterocycles. The summed E-state index contributed by atoms with van der Waals surface area (Å²) in [6.07, 6.45) is -0.0120. The van der Waals surface area contributed by atoms with Crippen LogP contribution in [-0.2, 0) is 4.74 Å². The number of ether oxygens (including phenoxy) is 3. The van der Waals surface area contributed by atoms with E-state index < -0.39 is 0 Å². The van der Waals surface area contributed by atoms with Gasteiger partial charge < -0.3 is 19.5 Å². The van der Waals surface area contributed by atoms with E-state index in [0.717, 1.165) is 30.0 Å². The summed E-state index contributed by atoms with van der Waals surface area (Å²) in [4.78, 5) is 0. The van der Waals surface area contributed by atoms with Gasteiger partial charge in [-0.15, -0.1) is 0 Å². The van der Waals surface area contributed by atoms with Crippen molar-refractivity contribution >= 4 is 11.6 Å². The molecule has 0 amide bonds. The topological polar surface area (TPSA) is 39.7 Å². The average Bonchev–Trinajstić information content (AvgIpc) is 2.40. The number of fused-ring (bicyclic) bond motifs is 1. The summed E-state index contributed by atoms with van der Waals surface area (Å²) in [5, 5.41) is 3.94. The second kappa shape index (κ2) is 4.96. The zero-order valence-corrected chi connectivity index (χ0v) is 11.0. The number of morpholine rings is 1. The van der Waals surface area contributed by atoms with Gasteiger partial charge in [-0.1, -0.05) is 11.6 Å². The highest BCUT2D eigenvalue weighted by Gasteiger charge is 2.26. The fraction of sp³-hybridized carbons (Fsp3) is 0.538. The molecular formula is C13H16ClNO3. The van der Waals surface area contributed by atoms with E-state index >= 15 is 0 Å². The highest BCUT2D eigenvalue weighted by molar-refractivity contribution is 6.33. The van der Waals surface area contributed by atoms with Gasteiger partial charge in [0.15, 0.2) is 11.5 Å². The van der Waals surface area contributed by atoms with Crippen LogP contribution in [0.15, 0.2) is 6.07 Å². The van der Waals surface area contributed by atoms with Crippen LogP contribution in [0.4, 0.5) is 0 Å². The molecule has 1 saturated heterocycles. The quantitative estimate of drug-likeness (QED) is 0.847. The Labute approximate surface area is 111 Å². The molecule has 1 aromatic carbocycles. The number of hydrogen-bond donors (Lipinski definition) is 1. The lowest BCUT2D eigenvalue weighted by molar-refractivity contribution is 0.0270. The van der Waals surface area contributed by atoms with Crippen LogP contribution in [0.2, 0.25) is 5.02 Å². The van der Waals surface area contributed by atoms with Gasteiger partial charge in [-0.3, -0.25) is 0 Å². The third-order valence-corrected chi connectivity index (χ3v) is 3.64. The lowest BCUT2D eigenvalue weighted by atomic mass is 10.0. The number of hydrogen-bond acceptors (Lipinski definition) is 4. The fourth-order valence-electron chi connectivity index (χ4n) is 2.43. The van der Waals surface area contributed by atoms with E-state index in [1.807, 2.05) is 13.0 Å². The smallest absolute Gasteiger partial charge is 0.180 e. The van der Waals surface area contributed by atoms with Crippen LogP contribution in [0.3, 0.4) is 0 Å². The predicted molar refractivity (Wildman–Crippen MR) is 68.7 cm³/mol. The van der Waals surface area contributed by atoms with E-state index in [2.05, 4.69) is 5.32 Å². The standard InChI is InChI=1S/C13H16ClNO3/c1-8-6-9-13(18-5-4-17-9)12(14)11(8)10-7-15-2-3-16-10/h6,10,15H,2-5,7H2,1H3. The molecule has 0 aliphatic carbocycles. The normalized spacial score (nSPS) is 22.9. The fourth-order valence-corrected chi connectivity index (χ4v) is 2.85. The molecule has 0 bridgehead atoms. The lowest BCUT2D eigenvalue weighted by Crippen LogP contribution is -2.34. The maximum Gasteiger partial charge on any atom is 0.180 e. The van der Waals surface area contributed by atoms with Gasteiger partial charge in [-0.05, 0) is 18.6 Å². The molecule has 98 valence electrons. The van der Waals surface area contributed by atoms with Crippen LogP contribution in [0.25, 0.3) is 0 Å². The van der Waals surface area contributed by atoms with E-state index in [0.29, 0.717) is 30.6 Å². The first kappa shape index (κ1) is 12.1. The van der Waals surface area contributed by atoms with E-state index in [4.69, 9.17) is 25.8 Å². The van der Waals surface area contributed by atoms with Crippen molar-refractivity contribution < 1.29 is 14.2 Å². The van der Waals surface area contributed by atoms with E-state index in [1.165, 1.54) is 0 Å². The summed E-state index contributed by atoms with van der Waals surface area (Å²) >= 11 is 6.45. The van der Waals surface area contributed by atoms with Crippen LogP contribution in [-0.4, -0.2) is 32.9 Å². The molecule has 0 saturated carbocycles. The molecular weight excluding hydrogens is 254 g/mol. The van der Waals surface area contributed by atoms with Gasteiger partial charge in [0.1, 0.15) is 13.2 Å². The summed E-state index contributed by atoms with van der Waals surface area (Å²) in [5.41, 5.74) is 2.09. The number of benzene rings is 1. The second-order valence-corrected chi connectivity index (χ2v) is 4.89. The Kier molecular flexibility index (Phi) is 3.33. The predicted octanol–water partition coefficient (Wildman–Crippen LogP) is 2.08. The Balaban J connectivity index is 2.02. The van der Waals surface area contributed by atoms with Crippen LogP contribution < -0.4 is 14.8 Å². The molecule has 1 aromatic rings. The van der Waals surface area contributed by atoms with Crippen molar-refractivity contribution in [2.75, 3.05) is 32.9 Å². The van der Waals surface area contributed by atoms with Crippen LogP contribution in [0, 0.1) is 6.92 Å². The molecule has 2 aliphatic rings. The molecule has 1 fully saturated rings. The number of nitrogens with one attached hydrogen (secondary N) is 1. The maximum atomic E-state index is 6.45. The highest BCUT2D eigenvalue weighted by atomic mass is 35.5. The van der Waals surface area contributed by atoms with Gasteiger partial charge >= 0.3 is 0 Å². The van der Waals surface area contributed by atoms with Crippen molar-refractivity contribution in [2.45, 2.75) is 13.0 Å². The van der Waals surface area contributed by atoms with Gasteiger partial charge in [0.25, 0.3) is 0 Å². The van der Waals surface area contributed by atoms with Gasteiger partial charge in [-0.2, -0.15) is 0 Å². The third-order valence-electron chi connectivity index (χ3n) is 3.27. The molecule has 4 nitrogen and oxygen atoms in total. The first-order valence-electron chi connectivity index (χ1n) is 6.18. The summed E-state index contributed by atoms with van der Waals surface area (Å²) in [6, 6.07) is 1.98. The number of aryl methyl sites for hydroxylation is 1. The minimum atomic E-state index is -0.0120. The Morgan fingerprint density at radius 1 is 1.28 bits per heavy atom. The lowest BCUT2D eigenvalue weighted by Gasteiger charge is -2.28. The van der Waals surface area contributed by atoms with E-state index in [-0.39, 0.29) is 6.10 Å². The highest BCUT2D eigenvalue weighted by Crippen LogP contribution is 2.44. The monoisotopic (exact) mass is 269 g/mol. The van der Waals surface area contributed by atoms with Crippen molar-refractivity contribution in [1.82, 2.24) is 5.32 Å².